The van der Waals surface area contributed by atoms with Crippen LogP contribution in [0.2, 0.25) is 0 Å². The van der Waals surface area contributed by atoms with E-state index in [1.165, 1.54) is 50.4 Å². The highest BCUT2D eigenvalue weighted by molar-refractivity contribution is 5.40. The molecule has 4 rings (SSSR count). The molecule has 2 saturated heterocycles. The van der Waals surface area contributed by atoms with E-state index in [0.29, 0.717) is 6.10 Å². The van der Waals surface area contributed by atoms with E-state index in [1.54, 1.807) is 0 Å². The Morgan fingerprint density at radius 3 is 2.71 bits per heavy atom. The molecule has 1 aromatic rings. The Kier molecular flexibility index (Phi) is 3.61. The molecule has 0 aliphatic carbocycles. The molecule has 0 aromatic heterocycles. The molecule has 0 saturated carbocycles. The summed E-state index contributed by atoms with van der Waals surface area (Å²) in [7, 11) is 0. The Balaban J connectivity index is 1.28. The molecule has 1 atom stereocenters. The molecular weight excluding hydrogens is 262 g/mol. The predicted octanol–water partition coefficient (Wildman–Crippen LogP) is 0.888. The average Bonchev–Trinajstić information content (AvgIpc) is 2.80. The minimum atomic E-state index is 0.346. The second-order valence-corrected chi connectivity index (χ2v) is 6.70. The van der Waals surface area contributed by atoms with Crippen LogP contribution in [0.3, 0.4) is 0 Å². The second-order valence-electron chi connectivity index (χ2n) is 6.70. The van der Waals surface area contributed by atoms with E-state index < -0.39 is 0 Å². The van der Waals surface area contributed by atoms with E-state index in [0.717, 1.165) is 24.8 Å². The first-order valence-corrected chi connectivity index (χ1v) is 8.21. The van der Waals surface area contributed by atoms with Crippen LogP contribution >= 0.6 is 0 Å². The highest BCUT2D eigenvalue weighted by Gasteiger charge is 2.30. The third-order valence-corrected chi connectivity index (χ3v) is 5.10. The lowest BCUT2D eigenvalue weighted by molar-refractivity contribution is 0.0544. The van der Waals surface area contributed by atoms with Crippen molar-refractivity contribution >= 4 is 0 Å². The van der Waals surface area contributed by atoms with Gasteiger partial charge in [0.25, 0.3) is 0 Å². The molecule has 114 valence electrons. The van der Waals surface area contributed by atoms with Gasteiger partial charge in [-0.05, 0) is 18.6 Å². The first-order valence-electron chi connectivity index (χ1n) is 8.21. The van der Waals surface area contributed by atoms with Crippen molar-refractivity contribution in [2.45, 2.75) is 25.5 Å². The summed E-state index contributed by atoms with van der Waals surface area (Å²) in [5.41, 5.74) is 2.72. The van der Waals surface area contributed by atoms with Gasteiger partial charge in [0.2, 0.25) is 0 Å². The van der Waals surface area contributed by atoms with Gasteiger partial charge < -0.3 is 10.1 Å². The van der Waals surface area contributed by atoms with Gasteiger partial charge in [-0.25, -0.2) is 0 Å². The van der Waals surface area contributed by atoms with Crippen LogP contribution in [0.5, 0.6) is 5.75 Å². The maximum atomic E-state index is 6.11. The monoisotopic (exact) mass is 287 g/mol. The molecule has 4 nitrogen and oxygen atoms in total. The maximum Gasteiger partial charge on any atom is 0.123 e. The van der Waals surface area contributed by atoms with E-state index in [2.05, 4.69) is 40.2 Å². The summed E-state index contributed by atoms with van der Waals surface area (Å²) in [6.07, 6.45) is 1.42. The van der Waals surface area contributed by atoms with E-state index >= 15 is 0 Å². The van der Waals surface area contributed by atoms with Crippen LogP contribution < -0.4 is 10.1 Å². The van der Waals surface area contributed by atoms with Crippen LogP contribution in [0.1, 0.15) is 11.1 Å². The molecule has 3 aliphatic heterocycles. The van der Waals surface area contributed by atoms with Crippen LogP contribution in [-0.2, 0) is 6.42 Å². The van der Waals surface area contributed by atoms with Gasteiger partial charge in [-0.3, -0.25) is 9.80 Å². The third-order valence-electron chi connectivity index (χ3n) is 5.10. The number of ether oxygens (including phenoxy) is 1. The quantitative estimate of drug-likeness (QED) is 0.893. The Morgan fingerprint density at radius 2 is 2.00 bits per heavy atom. The molecule has 1 N–H and O–H groups in total. The molecule has 0 amide bonds. The maximum absolute atomic E-state index is 6.11. The molecule has 4 heteroatoms. The van der Waals surface area contributed by atoms with E-state index in [9.17, 15) is 0 Å². The minimum Gasteiger partial charge on any atom is -0.488 e. The number of piperazine rings is 1. The Bertz CT molecular complexity index is 507. The number of hydrogen-bond acceptors (Lipinski definition) is 4. The van der Waals surface area contributed by atoms with Crippen molar-refractivity contribution in [1.82, 2.24) is 15.1 Å². The molecular formula is C17H25N3O. The fourth-order valence-electron chi connectivity index (χ4n) is 3.68. The molecule has 2 fully saturated rings. The Morgan fingerprint density at radius 1 is 1.19 bits per heavy atom. The lowest BCUT2D eigenvalue weighted by Gasteiger charge is -2.43. The zero-order valence-corrected chi connectivity index (χ0v) is 12.8. The molecule has 3 aliphatic rings. The zero-order chi connectivity index (χ0) is 14.2. The van der Waals surface area contributed by atoms with Gasteiger partial charge in [0.05, 0.1) is 0 Å². The van der Waals surface area contributed by atoms with Gasteiger partial charge >= 0.3 is 0 Å². The summed E-state index contributed by atoms with van der Waals surface area (Å²) in [4.78, 5) is 5.21. The number of fused-ring (bicyclic) bond motifs is 1. The summed E-state index contributed by atoms with van der Waals surface area (Å²) in [5, 5.41) is 3.37. The fourth-order valence-corrected chi connectivity index (χ4v) is 3.68. The standard InChI is InChI=1S/C17H25N3O/c1-13-2-3-17-14(8-13)9-16(21-17)12-19-4-6-20(7-5-19)15-10-18-11-15/h2-3,8,15-16,18H,4-7,9-12H2,1H3. The van der Waals surface area contributed by atoms with E-state index in [4.69, 9.17) is 4.74 Å². The summed E-state index contributed by atoms with van der Waals surface area (Å²) in [5.74, 6) is 1.10. The number of hydrogen-bond donors (Lipinski definition) is 1. The van der Waals surface area contributed by atoms with Crippen molar-refractivity contribution in [3.63, 3.8) is 0 Å². The predicted molar refractivity (Wildman–Crippen MR) is 84.0 cm³/mol. The highest BCUT2D eigenvalue weighted by Crippen LogP contribution is 2.29. The van der Waals surface area contributed by atoms with Crippen molar-refractivity contribution < 1.29 is 4.74 Å². The van der Waals surface area contributed by atoms with Crippen molar-refractivity contribution in [3.05, 3.63) is 29.3 Å². The average molecular weight is 287 g/mol. The number of nitrogens with zero attached hydrogens (tertiary/aromatic N) is 2. The fraction of sp³-hybridized carbons (Fsp3) is 0.647. The van der Waals surface area contributed by atoms with Crippen LogP contribution in [0.25, 0.3) is 0 Å². The summed E-state index contributed by atoms with van der Waals surface area (Å²) >= 11 is 0. The molecule has 3 heterocycles. The van der Waals surface area contributed by atoms with Crippen molar-refractivity contribution in [3.8, 4) is 5.75 Å². The van der Waals surface area contributed by atoms with Gasteiger partial charge in [-0.1, -0.05) is 17.7 Å². The van der Waals surface area contributed by atoms with Crippen molar-refractivity contribution in [2.24, 2.45) is 0 Å². The normalized spacial score (nSPS) is 27.2. The van der Waals surface area contributed by atoms with Gasteiger partial charge in [0.1, 0.15) is 11.9 Å². The minimum absolute atomic E-state index is 0.346. The Hall–Kier alpha value is -1.10. The number of benzene rings is 1. The van der Waals surface area contributed by atoms with Gasteiger partial charge in [0, 0.05) is 58.3 Å². The van der Waals surface area contributed by atoms with Crippen LogP contribution in [-0.4, -0.2) is 67.8 Å². The molecule has 0 radical (unpaired) electrons. The number of nitrogens with one attached hydrogen (secondary N) is 1. The third kappa shape index (κ3) is 2.80. The van der Waals surface area contributed by atoms with E-state index in [-0.39, 0.29) is 0 Å². The van der Waals surface area contributed by atoms with Crippen molar-refractivity contribution in [2.75, 3.05) is 45.8 Å². The molecule has 0 spiro atoms. The zero-order valence-electron chi connectivity index (χ0n) is 12.8. The van der Waals surface area contributed by atoms with Crippen LogP contribution in [0.4, 0.5) is 0 Å². The SMILES string of the molecule is Cc1ccc2c(c1)CC(CN1CCN(C3CNC3)CC1)O2. The lowest BCUT2D eigenvalue weighted by Crippen LogP contribution is -2.62. The van der Waals surface area contributed by atoms with Gasteiger partial charge in [-0.2, -0.15) is 0 Å². The largest absolute Gasteiger partial charge is 0.488 e. The highest BCUT2D eigenvalue weighted by atomic mass is 16.5. The Labute approximate surface area is 127 Å². The van der Waals surface area contributed by atoms with Gasteiger partial charge in [0.15, 0.2) is 0 Å². The van der Waals surface area contributed by atoms with Gasteiger partial charge in [-0.15, -0.1) is 0 Å². The molecule has 21 heavy (non-hydrogen) atoms. The van der Waals surface area contributed by atoms with Crippen molar-refractivity contribution in [1.29, 1.82) is 0 Å². The summed E-state index contributed by atoms with van der Waals surface area (Å²) in [6.45, 7) is 10.4. The number of rotatable bonds is 3. The number of aryl methyl sites for hydroxylation is 1. The van der Waals surface area contributed by atoms with E-state index in [1.807, 2.05) is 0 Å². The first-order chi connectivity index (χ1) is 10.3. The summed E-state index contributed by atoms with van der Waals surface area (Å²) < 4.78 is 6.11. The smallest absolute Gasteiger partial charge is 0.123 e. The second kappa shape index (κ2) is 5.59. The first kappa shape index (κ1) is 13.6. The molecule has 1 unspecified atom stereocenters. The lowest BCUT2D eigenvalue weighted by atomic mass is 10.1. The molecule has 1 aromatic carbocycles. The topological polar surface area (TPSA) is 27.7 Å². The van der Waals surface area contributed by atoms with Crippen LogP contribution in [0.15, 0.2) is 18.2 Å². The van der Waals surface area contributed by atoms with Crippen LogP contribution in [0, 0.1) is 6.92 Å². The molecule has 0 bridgehead atoms. The summed E-state index contributed by atoms with van der Waals surface area (Å²) in [6, 6.07) is 7.34.